The van der Waals surface area contributed by atoms with Crippen LogP contribution in [0.4, 0.5) is 0 Å². The highest BCUT2D eigenvalue weighted by Crippen LogP contribution is 2.63. The van der Waals surface area contributed by atoms with Gasteiger partial charge in [-0.2, -0.15) is 0 Å². The Morgan fingerprint density at radius 1 is 1.19 bits per heavy atom. The minimum atomic E-state index is -0.577. The first-order valence-electron chi connectivity index (χ1n) is 10.9. The first-order valence-corrected chi connectivity index (χ1v) is 10.9. The summed E-state index contributed by atoms with van der Waals surface area (Å²) < 4.78 is 17.3. The van der Waals surface area contributed by atoms with Gasteiger partial charge in [0, 0.05) is 38.4 Å². The predicted octanol–water partition coefficient (Wildman–Crippen LogP) is 4.13. The van der Waals surface area contributed by atoms with Crippen LogP contribution < -0.4 is 0 Å². The molecular weight excluding hydrogens is 340 g/mol. The molecule has 5 rings (SSSR count). The predicted molar refractivity (Wildman–Crippen MR) is 103 cm³/mol. The van der Waals surface area contributed by atoms with E-state index in [2.05, 4.69) is 13.0 Å². The molecule has 1 saturated carbocycles. The molecule has 0 aromatic carbocycles. The SMILES string of the molecule is COCC[C@@]1(O)CCC2C3CCC4=C(CCC5(C4)OCCO5)C3=CC[C@@]21C. The smallest absolute Gasteiger partial charge is 0.172 e. The van der Waals surface area contributed by atoms with Crippen molar-refractivity contribution in [2.24, 2.45) is 17.3 Å². The van der Waals surface area contributed by atoms with E-state index < -0.39 is 5.60 Å². The lowest BCUT2D eigenvalue weighted by molar-refractivity contribution is -0.164. The van der Waals surface area contributed by atoms with Gasteiger partial charge in [-0.1, -0.05) is 18.6 Å². The first kappa shape index (κ1) is 18.4. The lowest BCUT2D eigenvalue weighted by Gasteiger charge is -2.51. The van der Waals surface area contributed by atoms with Crippen LogP contribution in [0.25, 0.3) is 0 Å². The normalized spacial score (nSPS) is 42.7. The molecule has 0 aromatic heterocycles. The zero-order valence-electron chi connectivity index (χ0n) is 16.9. The zero-order chi connectivity index (χ0) is 18.7. The summed E-state index contributed by atoms with van der Waals surface area (Å²) in [6.07, 6.45) is 11.8. The second-order valence-electron chi connectivity index (χ2n) is 9.71. The zero-order valence-corrected chi connectivity index (χ0v) is 16.9. The Kier molecular flexibility index (Phi) is 4.36. The molecule has 0 bridgehead atoms. The van der Waals surface area contributed by atoms with Gasteiger partial charge in [0.05, 0.1) is 18.8 Å². The Bertz CT molecular complexity index is 674. The van der Waals surface area contributed by atoms with Crippen LogP contribution in [-0.4, -0.2) is 43.4 Å². The molecule has 2 unspecified atom stereocenters. The van der Waals surface area contributed by atoms with E-state index in [1.54, 1.807) is 23.8 Å². The van der Waals surface area contributed by atoms with E-state index in [1.165, 1.54) is 12.8 Å². The van der Waals surface area contributed by atoms with Crippen molar-refractivity contribution in [2.75, 3.05) is 26.9 Å². The van der Waals surface area contributed by atoms with Gasteiger partial charge < -0.3 is 19.3 Å². The highest BCUT2D eigenvalue weighted by Gasteiger charge is 2.60. The fourth-order valence-corrected chi connectivity index (χ4v) is 7.08. The van der Waals surface area contributed by atoms with Crippen molar-refractivity contribution in [2.45, 2.75) is 76.1 Å². The Hall–Kier alpha value is -0.680. The van der Waals surface area contributed by atoms with Gasteiger partial charge in [-0.25, -0.2) is 0 Å². The molecule has 150 valence electrons. The van der Waals surface area contributed by atoms with Crippen LogP contribution >= 0.6 is 0 Å². The van der Waals surface area contributed by atoms with Crippen LogP contribution in [0.15, 0.2) is 22.8 Å². The standard InChI is InChI=1S/C23H34O4/c1-21-8-5-18-17-6-10-23(26-13-14-27-23)15-16(17)3-4-19(18)20(21)7-9-22(21,24)11-12-25-2/h5,19-20,24H,3-4,6-15H2,1-2H3/t19?,20?,21-,22-/m0/s1. The maximum atomic E-state index is 11.5. The number of allylic oxidation sites excluding steroid dienone is 3. The molecule has 1 aliphatic heterocycles. The van der Waals surface area contributed by atoms with Gasteiger partial charge in [0.25, 0.3) is 0 Å². The Morgan fingerprint density at radius 3 is 2.78 bits per heavy atom. The van der Waals surface area contributed by atoms with E-state index in [4.69, 9.17) is 14.2 Å². The van der Waals surface area contributed by atoms with Gasteiger partial charge in [-0.15, -0.1) is 0 Å². The summed E-state index contributed by atoms with van der Waals surface area (Å²) in [7, 11) is 1.74. The van der Waals surface area contributed by atoms with Crippen LogP contribution in [0.3, 0.4) is 0 Å². The lowest BCUT2D eigenvalue weighted by Crippen LogP contribution is -2.49. The van der Waals surface area contributed by atoms with E-state index in [9.17, 15) is 5.11 Å². The summed E-state index contributed by atoms with van der Waals surface area (Å²) in [4.78, 5) is 0. The minimum Gasteiger partial charge on any atom is -0.389 e. The van der Waals surface area contributed by atoms with Gasteiger partial charge in [0.1, 0.15) is 0 Å². The van der Waals surface area contributed by atoms with Crippen molar-refractivity contribution in [3.8, 4) is 0 Å². The number of hydrogen-bond donors (Lipinski definition) is 1. The van der Waals surface area contributed by atoms with Gasteiger partial charge in [-0.3, -0.25) is 0 Å². The molecule has 1 spiro atoms. The molecule has 1 heterocycles. The summed E-state index contributed by atoms with van der Waals surface area (Å²) in [5.41, 5.74) is 4.23. The number of ether oxygens (including phenoxy) is 3. The third-order valence-electron chi connectivity index (χ3n) is 8.69. The van der Waals surface area contributed by atoms with Crippen LogP contribution in [0.1, 0.15) is 64.7 Å². The van der Waals surface area contributed by atoms with Crippen LogP contribution in [0, 0.1) is 17.3 Å². The average molecular weight is 375 g/mol. The Morgan fingerprint density at radius 2 is 2.00 bits per heavy atom. The summed E-state index contributed by atoms with van der Waals surface area (Å²) in [5.74, 6) is 0.908. The minimum absolute atomic E-state index is 0.00861. The number of aliphatic hydroxyl groups is 1. The van der Waals surface area contributed by atoms with Gasteiger partial charge in [-0.05, 0) is 61.5 Å². The van der Waals surface area contributed by atoms with Crippen molar-refractivity contribution >= 4 is 0 Å². The average Bonchev–Trinajstić information content (AvgIpc) is 3.22. The highest BCUT2D eigenvalue weighted by atomic mass is 16.7. The molecule has 1 saturated heterocycles. The van der Waals surface area contributed by atoms with Crippen molar-refractivity contribution in [3.05, 3.63) is 22.8 Å². The second kappa shape index (κ2) is 6.41. The number of methoxy groups -OCH3 is 1. The highest BCUT2D eigenvalue weighted by molar-refractivity contribution is 5.45. The summed E-state index contributed by atoms with van der Waals surface area (Å²) in [6, 6.07) is 0. The summed E-state index contributed by atoms with van der Waals surface area (Å²) in [5, 5.41) is 11.5. The molecule has 0 aromatic rings. The van der Waals surface area contributed by atoms with E-state index >= 15 is 0 Å². The molecule has 0 radical (unpaired) electrons. The molecule has 1 N–H and O–H groups in total. The molecule has 0 amide bonds. The largest absolute Gasteiger partial charge is 0.389 e. The van der Waals surface area contributed by atoms with Gasteiger partial charge in [0.2, 0.25) is 0 Å². The monoisotopic (exact) mass is 374 g/mol. The van der Waals surface area contributed by atoms with Gasteiger partial charge >= 0.3 is 0 Å². The van der Waals surface area contributed by atoms with Crippen molar-refractivity contribution in [1.82, 2.24) is 0 Å². The second-order valence-corrected chi connectivity index (χ2v) is 9.71. The van der Waals surface area contributed by atoms with Crippen molar-refractivity contribution in [3.63, 3.8) is 0 Å². The number of hydrogen-bond acceptors (Lipinski definition) is 4. The lowest BCUT2D eigenvalue weighted by atomic mass is 9.56. The van der Waals surface area contributed by atoms with E-state index in [-0.39, 0.29) is 11.2 Å². The molecule has 4 heteroatoms. The van der Waals surface area contributed by atoms with Crippen molar-refractivity contribution in [1.29, 1.82) is 0 Å². The van der Waals surface area contributed by atoms with Crippen molar-refractivity contribution < 1.29 is 19.3 Å². The molecule has 2 fully saturated rings. The van der Waals surface area contributed by atoms with Crippen LogP contribution in [-0.2, 0) is 14.2 Å². The maximum Gasteiger partial charge on any atom is 0.172 e. The number of rotatable bonds is 3. The molecule has 27 heavy (non-hydrogen) atoms. The Balaban J connectivity index is 1.43. The fourth-order valence-electron chi connectivity index (χ4n) is 7.08. The molecule has 4 atom stereocenters. The molecule has 4 aliphatic carbocycles. The summed E-state index contributed by atoms with van der Waals surface area (Å²) in [6.45, 7) is 4.48. The Labute approximate surface area is 162 Å². The third kappa shape index (κ3) is 2.63. The topological polar surface area (TPSA) is 47.9 Å². The number of fused-ring (bicyclic) bond motifs is 4. The molecular formula is C23H34O4. The van der Waals surface area contributed by atoms with Crippen LogP contribution in [0.5, 0.6) is 0 Å². The van der Waals surface area contributed by atoms with E-state index in [0.29, 0.717) is 18.4 Å². The molecule has 4 nitrogen and oxygen atoms in total. The van der Waals surface area contributed by atoms with Gasteiger partial charge in [0.15, 0.2) is 5.79 Å². The summed E-state index contributed by atoms with van der Waals surface area (Å²) >= 11 is 0. The van der Waals surface area contributed by atoms with E-state index in [0.717, 1.165) is 58.2 Å². The van der Waals surface area contributed by atoms with Crippen LogP contribution in [0.2, 0.25) is 0 Å². The molecule has 5 aliphatic rings. The quantitative estimate of drug-likeness (QED) is 0.807. The fraction of sp³-hybridized carbons (Fsp3) is 0.826. The third-order valence-corrected chi connectivity index (χ3v) is 8.69. The first-order chi connectivity index (χ1) is 13.0. The maximum absolute atomic E-state index is 11.5. The van der Waals surface area contributed by atoms with E-state index in [1.807, 2.05) is 0 Å².